The van der Waals surface area contributed by atoms with Crippen LogP contribution in [0.3, 0.4) is 0 Å². The first-order valence-electron chi connectivity index (χ1n) is 4.75. The van der Waals surface area contributed by atoms with Gasteiger partial charge < -0.3 is 10.3 Å². The van der Waals surface area contributed by atoms with Crippen molar-refractivity contribution in [3.05, 3.63) is 23.9 Å². The number of carbonyl (C=O) groups excluding carboxylic acids is 1. The molecule has 2 heterocycles. The summed E-state index contributed by atoms with van der Waals surface area (Å²) in [7, 11) is 1.46. The van der Waals surface area contributed by atoms with Crippen molar-refractivity contribution in [2.75, 3.05) is 0 Å². The molecular weight excluding hydrogens is 251 g/mol. The van der Waals surface area contributed by atoms with Gasteiger partial charge in [0.25, 0.3) is 5.91 Å². The van der Waals surface area contributed by atoms with Crippen LogP contribution in [-0.4, -0.2) is 25.7 Å². The van der Waals surface area contributed by atoms with Crippen LogP contribution in [0.25, 0.3) is 11.3 Å². The zero-order valence-corrected chi connectivity index (χ0v) is 9.12. The van der Waals surface area contributed by atoms with E-state index in [0.717, 1.165) is 6.20 Å². The van der Waals surface area contributed by atoms with E-state index in [2.05, 4.69) is 10.1 Å². The number of carbonyl (C=O) groups is 1. The molecule has 2 aromatic heterocycles. The second-order valence-electron chi connectivity index (χ2n) is 3.58. The summed E-state index contributed by atoms with van der Waals surface area (Å²) in [5.74, 6) is -0.944. The molecule has 0 saturated heterocycles. The van der Waals surface area contributed by atoms with Gasteiger partial charge in [0.1, 0.15) is 5.69 Å². The molecule has 0 unspecified atom stereocenters. The normalized spacial score (nSPS) is 11.8. The minimum absolute atomic E-state index is 0.0209. The van der Waals surface area contributed by atoms with Crippen molar-refractivity contribution in [1.82, 2.24) is 19.7 Å². The predicted molar refractivity (Wildman–Crippen MR) is 54.3 cm³/mol. The molecule has 6 nitrogen and oxygen atoms in total. The number of nitrogens with two attached hydrogens (primary N) is 1. The van der Waals surface area contributed by atoms with Crippen molar-refractivity contribution in [3.63, 3.8) is 0 Å². The van der Waals surface area contributed by atoms with Gasteiger partial charge in [0.05, 0.1) is 17.5 Å². The van der Waals surface area contributed by atoms with E-state index < -0.39 is 17.8 Å². The average Bonchev–Trinajstić information content (AvgIpc) is 2.80. The third-order valence-electron chi connectivity index (χ3n) is 2.30. The number of amides is 1. The molecule has 0 radical (unpaired) electrons. The Labute approximate surface area is 98.6 Å². The number of alkyl halides is 3. The molecule has 0 aromatic carbocycles. The van der Waals surface area contributed by atoms with Crippen LogP contribution in [0.2, 0.25) is 0 Å². The van der Waals surface area contributed by atoms with Gasteiger partial charge in [-0.15, -0.1) is 0 Å². The zero-order valence-electron chi connectivity index (χ0n) is 9.12. The number of hydrogen-bond donors (Lipinski definition) is 2. The van der Waals surface area contributed by atoms with Crippen molar-refractivity contribution in [2.24, 2.45) is 12.8 Å². The lowest BCUT2D eigenvalue weighted by molar-refractivity contribution is -0.140. The van der Waals surface area contributed by atoms with Crippen LogP contribution in [0.4, 0.5) is 13.2 Å². The monoisotopic (exact) mass is 259 g/mol. The number of aromatic nitrogens is 4. The van der Waals surface area contributed by atoms with Gasteiger partial charge in [-0.1, -0.05) is 0 Å². The maximum Gasteiger partial charge on any atom is 0.433 e. The Hall–Kier alpha value is -2.32. The highest BCUT2D eigenvalue weighted by atomic mass is 19.4. The van der Waals surface area contributed by atoms with Crippen molar-refractivity contribution in [1.29, 1.82) is 0 Å². The van der Waals surface area contributed by atoms with Gasteiger partial charge in [-0.25, -0.2) is 4.98 Å². The van der Waals surface area contributed by atoms with E-state index in [-0.39, 0.29) is 17.1 Å². The molecule has 0 aliphatic heterocycles. The van der Waals surface area contributed by atoms with Crippen LogP contribution in [0.1, 0.15) is 16.3 Å². The highest BCUT2D eigenvalue weighted by Gasteiger charge is 2.36. The van der Waals surface area contributed by atoms with Crippen molar-refractivity contribution in [3.8, 4) is 11.3 Å². The highest BCUT2D eigenvalue weighted by molar-refractivity contribution is 5.90. The largest absolute Gasteiger partial charge is 0.433 e. The van der Waals surface area contributed by atoms with Gasteiger partial charge in [0.15, 0.2) is 5.82 Å². The third kappa shape index (κ3) is 1.94. The first-order valence-corrected chi connectivity index (χ1v) is 4.75. The Balaban J connectivity index is 2.54. The number of aryl methyl sites for hydroxylation is 1. The fourth-order valence-corrected chi connectivity index (χ4v) is 1.52. The number of halogens is 3. The summed E-state index contributed by atoms with van der Waals surface area (Å²) in [5, 5.41) is 5.20. The van der Waals surface area contributed by atoms with Gasteiger partial charge in [-0.05, 0) is 0 Å². The van der Waals surface area contributed by atoms with Gasteiger partial charge in [0, 0.05) is 13.2 Å². The topological polar surface area (TPSA) is 89.6 Å². The fourth-order valence-electron chi connectivity index (χ4n) is 1.52. The second-order valence-corrected chi connectivity index (χ2v) is 3.58. The molecule has 0 bridgehead atoms. The van der Waals surface area contributed by atoms with Crippen LogP contribution in [-0.2, 0) is 13.2 Å². The number of H-pyrrole nitrogens is 1. The van der Waals surface area contributed by atoms with Crippen LogP contribution in [0, 0.1) is 0 Å². The Morgan fingerprint density at radius 3 is 2.67 bits per heavy atom. The standard InChI is InChI=1S/C9H8F3N5O/c1-17-3-5(15-8(17)7(13)18)4-2-14-16-6(4)9(10,11)12/h2-3H,1H3,(H2,13,18)(H,14,16). The summed E-state index contributed by atoms with van der Waals surface area (Å²) in [6.45, 7) is 0. The minimum Gasteiger partial charge on any atom is -0.363 e. The SMILES string of the molecule is Cn1cc(-c2cn[nH]c2C(F)(F)F)nc1C(N)=O. The Morgan fingerprint density at radius 2 is 2.17 bits per heavy atom. The summed E-state index contributed by atoms with van der Waals surface area (Å²) in [5.41, 5.74) is 3.77. The van der Waals surface area contributed by atoms with E-state index in [9.17, 15) is 18.0 Å². The number of imidazole rings is 1. The minimum atomic E-state index is -4.57. The van der Waals surface area contributed by atoms with Crippen LogP contribution in [0.5, 0.6) is 0 Å². The molecule has 0 fully saturated rings. The molecule has 0 aliphatic rings. The lowest BCUT2D eigenvalue weighted by Crippen LogP contribution is -2.16. The van der Waals surface area contributed by atoms with Crippen molar-refractivity contribution in [2.45, 2.75) is 6.18 Å². The summed E-state index contributed by atoms with van der Waals surface area (Å²) < 4.78 is 39.2. The third-order valence-corrected chi connectivity index (χ3v) is 2.30. The number of nitrogens with one attached hydrogen (secondary N) is 1. The quantitative estimate of drug-likeness (QED) is 0.840. The molecule has 1 amide bonds. The molecule has 96 valence electrons. The predicted octanol–water partition coefficient (Wildman–Crippen LogP) is 0.928. The number of rotatable bonds is 2. The number of primary amides is 1. The van der Waals surface area contributed by atoms with Crippen LogP contribution >= 0.6 is 0 Å². The fraction of sp³-hybridized carbons (Fsp3) is 0.222. The molecule has 2 rings (SSSR count). The number of nitrogens with zero attached hydrogens (tertiary/aromatic N) is 3. The average molecular weight is 259 g/mol. The molecule has 0 saturated carbocycles. The second kappa shape index (κ2) is 3.86. The van der Waals surface area contributed by atoms with E-state index in [1.54, 1.807) is 0 Å². The maximum atomic E-state index is 12.6. The van der Waals surface area contributed by atoms with Gasteiger partial charge >= 0.3 is 6.18 Å². The number of aromatic amines is 1. The summed E-state index contributed by atoms with van der Waals surface area (Å²) in [6, 6.07) is 0. The van der Waals surface area contributed by atoms with Crippen molar-refractivity contribution >= 4 is 5.91 Å². The van der Waals surface area contributed by atoms with Crippen molar-refractivity contribution < 1.29 is 18.0 Å². The Kier molecular flexibility index (Phi) is 2.60. The zero-order chi connectivity index (χ0) is 13.5. The maximum absolute atomic E-state index is 12.6. The van der Waals surface area contributed by atoms with Gasteiger partial charge in [0.2, 0.25) is 0 Å². The van der Waals surface area contributed by atoms with E-state index >= 15 is 0 Å². The Morgan fingerprint density at radius 1 is 1.50 bits per heavy atom. The van der Waals surface area contributed by atoms with Gasteiger partial charge in [-0.3, -0.25) is 9.89 Å². The molecular formula is C9H8F3N5O. The smallest absolute Gasteiger partial charge is 0.363 e. The molecule has 9 heteroatoms. The van der Waals surface area contributed by atoms with E-state index in [0.29, 0.717) is 0 Å². The Bertz CT molecular complexity index is 598. The molecule has 0 atom stereocenters. The molecule has 0 spiro atoms. The molecule has 2 aromatic rings. The van der Waals surface area contributed by atoms with E-state index in [4.69, 9.17) is 5.73 Å². The first kappa shape index (κ1) is 12.1. The van der Waals surface area contributed by atoms with E-state index in [1.807, 2.05) is 5.10 Å². The summed E-state index contributed by atoms with van der Waals surface area (Å²) >= 11 is 0. The highest BCUT2D eigenvalue weighted by Crippen LogP contribution is 2.34. The summed E-state index contributed by atoms with van der Waals surface area (Å²) in [6.07, 6.45) is -2.30. The first-order chi connectivity index (χ1) is 8.30. The lowest BCUT2D eigenvalue weighted by atomic mass is 10.2. The van der Waals surface area contributed by atoms with Crippen LogP contribution in [0.15, 0.2) is 12.4 Å². The van der Waals surface area contributed by atoms with E-state index in [1.165, 1.54) is 17.8 Å². The molecule has 3 N–H and O–H groups in total. The lowest BCUT2D eigenvalue weighted by Gasteiger charge is -2.04. The van der Waals surface area contributed by atoms with Crippen LogP contribution < -0.4 is 5.73 Å². The van der Waals surface area contributed by atoms with Gasteiger partial charge in [-0.2, -0.15) is 18.3 Å². The number of hydrogen-bond acceptors (Lipinski definition) is 3. The summed E-state index contributed by atoms with van der Waals surface area (Å²) in [4.78, 5) is 14.7. The molecule has 0 aliphatic carbocycles. The molecule has 18 heavy (non-hydrogen) atoms.